The van der Waals surface area contributed by atoms with Crippen LogP contribution >= 0.6 is 11.8 Å². The van der Waals surface area contributed by atoms with Gasteiger partial charge in [-0.05, 0) is 55.0 Å². The molecule has 1 amide bonds. The van der Waals surface area contributed by atoms with Gasteiger partial charge in [0.1, 0.15) is 5.82 Å². The highest BCUT2D eigenvalue weighted by Gasteiger charge is 2.16. The molecule has 0 aliphatic carbocycles. The predicted octanol–water partition coefficient (Wildman–Crippen LogP) is 4.49. The minimum Gasteiger partial charge on any atom is -0.352 e. The molecule has 1 aromatic heterocycles. The van der Waals surface area contributed by atoms with E-state index in [1.807, 2.05) is 25.1 Å². The van der Waals surface area contributed by atoms with Crippen molar-refractivity contribution in [3.63, 3.8) is 0 Å². The summed E-state index contributed by atoms with van der Waals surface area (Å²) in [5.74, 6) is 0.528. The first-order chi connectivity index (χ1) is 13.2. The molecule has 0 atom stereocenters. The lowest BCUT2D eigenvalue weighted by Crippen LogP contribution is -2.25. The van der Waals surface area contributed by atoms with Crippen molar-refractivity contribution in [2.45, 2.75) is 24.7 Å². The zero-order chi connectivity index (χ0) is 19.1. The molecular formula is C21H22FN3OS. The molecule has 0 aliphatic heterocycles. The number of amides is 1. The van der Waals surface area contributed by atoms with Gasteiger partial charge in [-0.3, -0.25) is 4.79 Å². The molecule has 3 aromatic rings. The summed E-state index contributed by atoms with van der Waals surface area (Å²) in [4.78, 5) is 13.8. The second-order valence-electron chi connectivity index (χ2n) is 6.02. The number of benzene rings is 2. The van der Waals surface area contributed by atoms with E-state index in [2.05, 4.69) is 22.5 Å². The zero-order valence-electron chi connectivity index (χ0n) is 15.2. The molecule has 140 valence electrons. The van der Waals surface area contributed by atoms with E-state index in [0.29, 0.717) is 18.5 Å². The Hall–Kier alpha value is -2.60. The number of nitrogens with one attached hydrogen (secondary N) is 1. The summed E-state index contributed by atoms with van der Waals surface area (Å²) in [6, 6.07) is 16.3. The van der Waals surface area contributed by atoms with Gasteiger partial charge < -0.3 is 5.32 Å². The topological polar surface area (TPSA) is 46.9 Å². The zero-order valence-corrected chi connectivity index (χ0v) is 16.0. The van der Waals surface area contributed by atoms with E-state index in [9.17, 15) is 9.18 Å². The first kappa shape index (κ1) is 19.2. The van der Waals surface area contributed by atoms with Crippen LogP contribution in [0.1, 0.15) is 29.4 Å². The lowest BCUT2D eigenvalue weighted by Gasteiger charge is -2.09. The van der Waals surface area contributed by atoms with Crippen LogP contribution in [-0.2, 0) is 6.42 Å². The van der Waals surface area contributed by atoms with Crippen molar-refractivity contribution in [2.24, 2.45) is 0 Å². The largest absolute Gasteiger partial charge is 0.352 e. The van der Waals surface area contributed by atoms with E-state index in [1.54, 1.807) is 34.8 Å². The highest BCUT2D eigenvalue weighted by molar-refractivity contribution is 7.99. The third-order valence-corrected chi connectivity index (χ3v) is 5.24. The Labute approximate surface area is 162 Å². The first-order valence-corrected chi connectivity index (χ1v) is 9.96. The number of carbonyl (C=O) groups is 1. The standard InChI is InChI=1S/C21H22FN3OS/c1-2-20-19(15-24-25(20)17-11-9-16(22)10-12-17)21(26)23-13-6-14-27-18-7-4-3-5-8-18/h3-5,7-12,15H,2,6,13-14H2,1H3,(H,23,26). The maximum atomic E-state index is 13.1. The smallest absolute Gasteiger partial charge is 0.254 e. The van der Waals surface area contributed by atoms with Crippen LogP contribution in [0.25, 0.3) is 5.69 Å². The number of aromatic nitrogens is 2. The van der Waals surface area contributed by atoms with E-state index in [-0.39, 0.29) is 11.7 Å². The van der Waals surface area contributed by atoms with E-state index in [0.717, 1.165) is 23.6 Å². The molecule has 0 saturated carbocycles. The van der Waals surface area contributed by atoms with Crippen molar-refractivity contribution < 1.29 is 9.18 Å². The van der Waals surface area contributed by atoms with Gasteiger partial charge in [0, 0.05) is 11.4 Å². The van der Waals surface area contributed by atoms with Crippen molar-refractivity contribution in [1.82, 2.24) is 15.1 Å². The molecule has 6 heteroatoms. The van der Waals surface area contributed by atoms with E-state index in [1.165, 1.54) is 17.0 Å². The highest BCUT2D eigenvalue weighted by Crippen LogP contribution is 2.18. The molecule has 0 saturated heterocycles. The summed E-state index contributed by atoms with van der Waals surface area (Å²) >= 11 is 1.78. The summed E-state index contributed by atoms with van der Waals surface area (Å²) in [5.41, 5.74) is 2.13. The predicted molar refractivity (Wildman–Crippen MR) is 107 cm³/mol. The van der Waals surface area contributed by atoms with Crippen LogP contribution in [0, 0.1) is 5.82 Å². The third-order valence-electron chi connectivity index (χ3n) is 4.14. The fraction of sp³-hybridized carbons (Fsp3) is 0.238. The molecule has 0 bridgehead atoms. The van der Waals surface area contributed by atoms with Crippen molar-refractivity contribution in [2.75, 3.05) is 12.3 Å². The van der Waals surface area contributed by atoms with Gasteiger partial charge in [-0.2, -0.15) is 5.10 Å². The fourth-order valence-corrected chi connectivity index (χ4v) is 3.66. The normalized spacial score (nSPS) is 10.7. The summed E-state index contributed by atoms with van der Waals surface area (Å²) in [6.45, 7) is 2.59. The van der Waals surface area contributed by atoms with Crippen LogP contribution in [0.15, 0.2) is 65.7 Å². The Kier molecular flexibility index (Phi) is 6.65. The van der Waals surface area contributed by atoms with Crippen LogP contribution < -0.4 is 5.32 Å². The fourth-order valence-electron chi connectivity index (χ4n) is 2.78. The maximum absolute atomic E-state index is 13.1. The van der Waals surface area contributed by atoms with Crippen LogP contribution in [0.2, 0.25) is 0 Å². The molecule has 4 nitrogen and oxygen atoms in total. The Morgan fingerprint density at radius 2 is 1.89 bits per heavy atom. The van der Waals surface area contributed by atoms with Gasteiger partial charge in [-0.15, -0.1) is 11.8 Å². The summed E-state index contributed by atoms with van der Waals surface area (Å²) < 4.78 is 14.8. The number of thioether (sulfide) groups is 1. The molecule has 1 heterocycles. The number of carbonyl (C=O) groups excluding carboxylic acids is 1. The highest BCUT2D eigenvalue weighted by atomic mass is 32.2. The monoisotopic (exact) mass is 383 g/mol. The van der Waals surface area contributed by atoms with E-state index < -0.39 is 0 Å². The average Bonchev–Trinajstić information content (AvgIpc) is 3.13. The second-order valence-corrected chi connectivity index (χ2v) is 7.19. The Morgan fingerprint density at radius 3 is 2.59 bits per heavy atom. The van der Waals surface area contributed by atoms with Gasteiger partial charge in [0.25, 0.3) is 5.91 Å². The first-order valence-electron chi connectivity index (χ1n) is 8.98. The number of halogens is 1. The van der Waals surface area contributed by atoms with Crippen molar-refractivity contribution >= 4 is 17.7 Å². The third kappa shape index (κ3) is 4.98. The van der Waals surface area contributed by atoms with Crippen molar-refractivity contribution in [3.05, 3.63) is 77.9 Å². The lowest BCUT2D eigenvalue weighted by molar-refractivity contribution is 0.0953. The lowest BCUT2D eigenvalue weighted by atomic mass is 10.2. The van der Waals surface area contributed by atoms with Crippen molar-refractivity contribution in [3.8, 4) is 5.69 Å². The Bertz CT molecular complexity index is 878. The van der Waals surface area contributed by atoms with Gasteiger partial charge in [0.2, 0.25) is 0 Å². The van der Waals surface area contributed by atoms with Gasteiger partial charge >= 0.3 is 0 Å². The van der Waals surface area contributed by atoms with E-state index in [4.69, 9.17) is 0 Å². The van der Waals surface area contributed by atoms with Crippen molar-refractivity contribution in [1.29, 1.82) is 0 Å². The quantitative estimate of drug-likeness (QED) is 0.461. The molecule has 0 aliphatic rings. The average molecular weight is 383 g/mol. The summed E-state index contributed by atoms with van der Waals surface area (Å²) in [5, 5.41) is 7.29. The minimum atomic E-state index is -0.296. The molecule has 0 fully saturated rings. The maximum Gasteiger partial charge on any atom is 0.254 e. The van der Waals surface area contributed by atoms with Crippen LogP contribution in [-0.4, -0.2) is 28.0 Å². The van der Waals surface area contributed by atoms with Gasteiger partial charge in [0.05, 0.1) is 23.1 Å². The SMILES string of the molecule is CCc1c(C(=O)NCCCSc2ccccc2)cnn1-c1ccc(F)cc1. The number of rotatable bonds is 8. The van der Waals surface area contributed by atoms with Crippen LogP contribution in [0.4, 0.5) is 4.39 Å². The molecule has 3 rings (SSSR count). The molecular weight excluding hydrogens is 361 g/mol. The van der Waals surface area contributed by atoms with Crippen LogP contribution in [0.5, 0.6) is 0 Å². The molecule has 1 N–H and O–H groups in total. The molecule has 0 radical (unpaired) electrons. The molecule has 27 heavy (non-hydrogen) atoms. The van der Waals surface area contributed by atoms with Crippen LogP contribution in [0.3, 0.4) is 0 Å². The van der Waals surface area contributed by atoms with Gasteiger partial charge in [-0.1, -0.05) is 25.1 Å². The Balaban J connectivity index is 1.56. The number of hydrogen-bond donors (Lipinski definition) is 1. The summed E-state index contributed by atoms with van der Waals surface area (Å²) in [6.07, 6.45) is 3.12. The molecule has 2 aromatic carbocycles. The number of hydrogen-bond acceptors (Lipinski definition) is 3. The Morgan fingerprint density at radius 1 is 1.15 bits per heavy atom. The summed E-state index contributed by atoms with van der Waals surface area (Å²) in [7, 11) is 0. The van der Waals surface area contributed by atoms with Gasteiger partial charge in [-0.25, -0.2) is 9.07 Å². The number of nitrogens with zero attached hydrogens (tertiary/aromatic N) is 2. The molecule has 0 unspecified atom stereocenters. The molecule has 0 spiro atoms. The van der Waals surface area contributed by atoms with E-state index >= 15 is 0 Å². The minimum absolute atomic E-state index is 0.120. The van der Waals surface area contributed by atoms with Gasteiger partial charge in [0.15, 0.2) is 0 Å². The second kappa shape index (κ2) is 9.37.